The third kappa shape index (κ3) is 5.87. The summed E-state index contributed by atoms with van der Waals surface area (Å²) in [5, 5.41) is 2.56. The van der Waals surface area contributed by atoms with Crippen LogP contribution in [-0.4, -0.2) is 75.9 Å². The molecule has 0 aliphatic carbocycles. The highest BCUT2D eigenvalue weighted by Crippen LogP contribution is 2.21. The predicted octanol–water partition coefficient (Wildman–Crippen LogP) is 1.09. The molecule has 1 aromatic carbocycles. The van der Waals surface area contributed by atoms with Gasteiger partial charge in [0.05, 0.1) is 20.3 Å². The van der Waals surface area contributed by atoms with Gasteiger partial charge >= 0.3 is 5.97 Å². The van der Waals surface area contributed by atoms with E-state index < -0.39 is 16.0 Å². The molecule has 1 aromatic heterocycles. The molecule has 0 bridgehead atoms. The number of nitrogens with one attached hydrogen (secondary N) is 1. The lowest BCUT2D eigenvalue weighted by atomic mass is 10.2. The molecule has 0 spiro atoms. The van der Waals surface area contributed by atoms with E-state index in [1.165, 1.54) is 16.4 Å². The summed E-state index contributed by atoms with van der Waals surface area (Å²) in [6.07, 6.45) is 0. The SMILES string of the molecule is CCOC(=O)c1ccc(S(=O)(=O)N2CCN(CC(=O)NCc3ccc(OC)cc3)CC2)o1. The lowest BCUT2D eigenvalue weighted by Gasteiger charge is -2.32. The van der Waals surface area contributed by atoms with E-state index in [0.717, 1.165) is 11.3 Å². The van der Waals surface area contributed by atoms with Crippen LogP contribution in [0.2, 0.25) is 0 Å². The summed E-state index contributed by atoms with van der Waals surface area (Å²) in [6, 6.07) is 9.95. The van der Waals surface area contributed by atoms with E-state index in [0.29, 0.717) is 19.6 Å². The van der Waals surface area contributed by atoms with Gasteiger partial charge in [0.25, 0.3) is 10.0 Å². The van der Waals surface area contributed by atoms with Crippen LogP contribution in [0.1, 0.15) is 23.0 Å². The van der Waals surface area contributed by atoms with Crippen molar-refractivity contribution in [2.24, 2.45) is 0 Å². The molecule has 0 unspecified atom stereocenters. The number of amides is 1. The normalized spacial score (nSPS) is 15.3. The fourth-order valence-electron chi connectivity index (χ4n) is 3.23. The minimum absolute atomic E-state index is 0.137. The van der Waals surface area contributed by atoms with Crippen LogP contribution in [-0.2, 0) is 26.1 Å². The van der Waals surface area contributed by atoms with Gasteiger partial charge in [-0.05, 0) is 36.8 Å². The molecule has 174 valence electrons. The van der Waals surface area contributed by atoms with Crippen LogP contribution in [0, 0.1) is 0 Å². The molecule has 3 rings (SSSR count). The number of piperazine rings is 1. The second-order valence-electron chi connectivity index (χ2n) is 7.14. The smallest absolute Gasteiger partial charge is 0.374 e. The van der Waals surface area contributed by atoms with Crippen LogP contribution < -0.4 is 10.1 Å². The molecular weight excluding hydrogens is 438 g/mol. The number of benzene rings is 1. The number of rotatable bonds is 9. The molecule has 1 amide bonds. The number of nitrogens with zero attached hydrogens (tertiary/aromatic N) is 2. The van der Waals surface area contributed by atoms with Crippen molar-refractivity contribution in [2.75, 3.05) is 46.4 Å². The summed E-state index contributed by atoms with van der Waals surface area (Å²) in [6.45, 7) is 3.62. The molecule has 0 saturated carbocycles. The summed E-state index contributed by atoms with van der Waals surface area (Å²) in [4.78, 5) is 25.9. The minimum atomic E-state index is -3.87. The fraction of sp³-hybridized carbons (Fsp3) is 0.429. The maximum atomic E-state index is 12.8. The Bertz CT molecular complexity index is 1030. The zero-order chi connectivity index (χ0) is 23.1. The van der Waals surface area contributed by atoms with Gasteiger partial charge in [-0.15, -0.1) is 0 Å². The Balaban J connectivity index is 1.47. The minimum Gasteiger partial charge on any atom is -0.497 e. The van der Waals surface area contributed by atoms with E-state index in [-0.39, 0.29) is 43.0 Å². The van der Waals surface area contributed by atoms with Crippen LogP contribution in [0.15, 0.2) is 45.9 Å². The van der Waals surface area contributed by atoms with Gasteiger partial charge in [0.15, 0.2) is 0 Å². The molecule has 0 radical (unpaired) electrons. The lowest BCUT2D eigenvalue weighted by molar-refractivity contribution is -0.122. The third-order valence-electron chi connectivity index (χ3n) is 5.00. The first kappa shape index (κ1) is 23.8. The Labute approximate surface area is 187 Å². The largest absolute Gasteiger partial charge is 0.497 e. The van der Waals surface area contributed by atoms with Crippen molar-refractivity contribution in [1.29, 1.82) is 0 Å². The number of hydrogen-bond acceptors (Lipinski definition) is 8. The zero-order valence-electron chi connectivity index (χ0n) is 18.1. The summed E-state index contributed by atoms with van der Waals surface area (Å²) in [7, 11) is -2.28. The summed E-state index contributed by atoms with van der Waals surface area (Å²) < 4.78 is 42.0. The van der Waals surface area contributed by atoms with Gasteiger partial charge < -0.3 is 19.2 Å². The van der Waals surface area contributed by atoms with Crippen molar-refractivity contribution in [2.45, 2.75) is 18.6 Å². The summed E-state index contributed by atoms with van der Waals surface area (Å²) in [5.41, 5.74) is 0.954. The Morgan fingerprint density at radius 2 is 1.75 bits per heavy atom. The molecule has 1 N–H and O–H groups in total. The average Bonchev–Trinajstić information content (AvgIpc) is 3.30. The Kier molecular flexibility index (Phi) is 7.89. The first-order valence-electron chi connectivity index (χ1n) is 10.2. The number of esters is 1. The van der Waals surface area contributed by atoms with E-state index in [1.54, 1.807) is 14.0 Å². The fourth-order valence-corrected chi connectivity index (χ4v) is 4.56. The topological polar surface area (TPSA) is 118 Å². The van der Waals surface area contributed by atoms with Gasteiger partial charge in [0.2, 0.25) is 16.8 Å². The van der Waals surface area contributed by atoms with E-state index in [4.69, 9.17) is 13.9 Å². The van der Waals surface area contributed by atoms with Gasteiger partial charge in [-0.3, -0.25) is 9.69 Å². The summed E-state index contributed by atoms with van der Waals surface area (Å²) in [5.74, 6) is -0.251. The van der Waals surface area contributed by atoms with Crippen LogP contribution in [0.25, 0.3) is 0 Å². The van der Waals surface area contributed by atoms with Crippen LogP contribution >= 0.6 is 0 Å². The third-order valence-corrected chi connectivity index (χ3v) is 6.77. The number of methoxy groups -OCH3 is 1. The number of carbonyl (C=O) groups is 2. The van der Waals surface area contributed by atoms with Crippen LogP contribution in [0.5, 0.6) is 5.75 Å². The molecular formula is C21H27N3O7S. The number of hydrogen-bond donors (Lipinski definition) is 1. The van der Waals surface area contributed by atoms with Gasteiger partial charge in [-0.2, -0.15) is 4.31 Å². The van der Waals surface area contributed by atoms with Crippen molar-refractivity contribution in [1.82, 2.24) is 14.5 Å². The van der Waals surface area contributed by atoms with E-state index >= 15 is 0 Å². The number of furan rings is 1. The molecule has 1 fully saturated rings. The van der Waals surface area contributed by atoms with E-state index in [9.17, 15) is 18.0 Å². The first-order valence-corrected chi connectivity index (χ1v) is 11.7. The number of ether oxygens (including phenoxy) is 2. The monoisotopic (exact) mass is 465 g/mol. The van der Waals surface area contributed by atoms with E-state index in [1.807, 2.05) is 29.2 Å². The molecule has 32 heavy (non-hydrogen) atoms. The molecule has 11 heteroatoms. The van der Waals surface area contributed by atoms with Crippen molar-refractivity contribution in [3.63, 3.8) is 0 Å². The summed E-state index contributed by atoms with van der Waals surface area (Å²) >= 11 is 0. The Morgan fingerprint density at radius 1 is 1.06 bits per heavy atom. The highest BCUT2D eigenvalue weighted by atomic mass is 32.2. The van der Waals surface area contributed by atoms with Gasteiger partial charge in [-0.1, -0.05) is 12.1 Å². The van der Waals surface area contributed by atoms with Gasteiger partial charge in [0.1, 0.15) is 5.75 Å². The highest BCUT2D eigenvalue weighted by molar-refractivity contribution is 7.89. The molecule has 1 aliphatic rings. The Morgan fingerprint density at radius 3 is 2.38 bits per heavy atom. The van der Waals surface area contributed by atoms with Crippen molar-refractivity contribution < 1.29 is 31.9 Å². The van der Waals surface area contributed by atoms with Crippen molar-refractivity contribution >= 4 is 21.9 Å². The lowest BCUT2D eigenvalue weighted by Crippen LogP contribution is -2.50. The molecule has 0 atom stereocenters. The number of carbonyl (C=O) groups excluding carboxylic acids is 2. The molecule has 2 aromatic rings. The number of sulfonamides is 1. The maximum absolute atomic E-state index is 12.8. The van der Waals surface area contributed by atoms with E-state index in [2.05, 4.69) is 5.32 Å². The maximum Gasteiger partial charge on any atom is 0.374 e. The van der Waals surface area contributed by atoms with Crippen molar-refractivity contribution in [3.05, 3.63) is 47.7 Å². The second-order valence-corrected chi connectivity index (χ2v) is 9.01. The van der Waals surface area contributed by atoms with Crippen LogP contribution in [0.4, 0.5) is 0 Å². The highest BCUT2D eigenvalue weighted by Gasteiger charge is 2.32. The molecule has 1 saturated heterocycles. The molecule has 2 heterocycles. The molecule has 10 nitrogen and oxygen atoms in total. The standard InChI is InChI=1S/C21H27N3O7S/c1-3-30-21(26)18-8-9-20(31-18)32(27,28)24-12-10-23(11-13-24)15-19(25)22-14-16-4-6-17(29-2)7-5-16/h4-9H,3,10-15H2,1-2H3,(H,22,25). The Hall–Kier alpha value is -2.89. The van der Waals surface area contributed by atoms with Gasteiger partial charge in [0, 0.05) is 32.7 Å². The molecule has 1 aliphatic heterocycles. The van der Waals surface area contributed by atoms with Gasteiger partial charge in [-0.25, -0.2) is 13.2 Å². The quantitative estimate of drug-likeness (QED) is 0.547. The predicted molar refractivity (Wildman–Crippen MR) is 115 cm³/mol. The van der Waals surface area contributed by atoms with Crippen molar-refractivity contribution in [3.8, 4) is 5.75 Å². The zero-order valence-corrected chi connectivity index (χ0v) is 18.9. The first-order chi connectivity index (χ1) is 15.3. The van der Waals surface area contributed by atoms with Crippen LogP contribution in [0.3, 0.4) is 0 Å². The average molecular weight is 466 g/mol. The second kappa shape index (κ2) is 10.6.